The fraction of sp³-hybridized carbons (Fsp3) is 0.118. The number of amides is 1. The van der Waals surface area contributed by atoms with Gasteiger partial charge in [0.2, 0.25) is 5.91 Å². The number of nitrogens with zero attached hydrogens (tertiary/aromatic N) is 3. The number of hydrogen-bond acceptors (Lipinski definition) is 4. The first kappa shape index (κ1) is 16.5. The maximum atomic E-state index is 11.5. The molecule has 0 aliphatic rings. The van der Waals surface area contributed by atoms with E-state index in [1.807, 2.05) is 59.2 Å². The Balaban J connectivity index is 2.05. The van der Waals surface area contributed by atoms with E-state index in [4.69, 9.17) is 11.6 Å². The van der Waals surface area contributed by atoms with Crippen LogP contribution in [0.15, 0.2) is 59.8 Å². The Morgan fingerprint density at radius 1 is 1.12 bits per heavy atom. The fourth-order valence-electron chi connectivity index (χ4n) is 2.16. The summed E-state index contributed by atoms with van der Waals surface area (Å²) in [6.07, 6.45) is 0. The molecule has 24 heavy (non-hydrogen) atoms. The summed E-state index contributed by atoms with van der Waals surface area (Å²) in [6, 6.07) is 17.3. The first-order chi connectivity index (χ1) is 11.7. The molecule has 1 N–H and O–H groups in total. The fourth-order valence-corrected chi connectivity index (χ4v) is 3.11. The highest BCUT2D eigenvalue weighted by Crippen LogP contribution is 2.28. The van der Waals surface area contributed by atoms with Gasteiger partial charge < -0.3 is 5.32 Å². The minimum absolute atomic E-state index is 0.0630. The van der Waals surface area contributed by atoms with Gasteiger partial charge in [0.15, 0.2) is 11.0 Å². The predicted octanol–water partition coefficient (Wildman–Crippen LogP) is 3.43. The van der Waals surface area contributed by atoms with Crippen LogP contribution in [0.25, 0.3) is 17.1 Å². The molecule has 0 radical (unpaired) electrons. The molecule has 0 unspecified atom stereocenters. The third-order valence-electron chi connectivity index (χ3n) is 3.36. The third kappa shape index (κ3) is 3.60. The molecule has 3 rings (SSSR count). The van der Waals surface area contributed by atoms with Crippen LogP contribution in [0.1, 0.15) is 0 Å². The van der Waals surface area contributed by atoms with Crippen molar-refractivity contribution in [1.82, 2.24) is 20.1 Å². The number of nitrogens with one attached hydrogen (secondary N) is 1. The molecular weight excluding hydrogens is 344 g/mol. The highest BCUT2D eigenvalue weighted by molar-refractivity contribution is 7.99. The molecular formula is C17H15ClN4OS. The van der Waals surface area contributed by atoms with Crippen LogP contribution in [-0.2, 0) is 4.79 Å². The highest BCUT2D eigenvalue weighted by Gasteiger charge is 2.16. The van der Waals surface area contributed by atoms with E-state index in [9.17, 15) is 4.79 Å². The second-order valence-corrected chi connectivity index (χ2v) is 6.32. The number of aromatic nitrogens is 3. The number of thioether (sulfide) groups is 1. The van der Waals surface area contributed by atoms with Gasteiger partial charge in [0, 0.05) is 23.3 Å². The van der Waals surface area contributed by atoms with E-state index in [1.165, 1.54) is 11.8 Å². The van der Waals surface area contributed by atoms with Crippen molar-refractivity contribution >= 4 is 29.3 Å². The van der Waals surface area contributed by atoms with Crippen LogP contribution in [0.5, 0.6) is 0 Å². The summed E-state index contributed by atoms with van der Waals surface area (Å²) in [6.45, 7) is 0. The van der Waals surface area contributed by atoms with Crippen LogP contribution in [0.2, 0.25) is 5.02 Å². The van der Waals surface area contributed by atoms with Crippen LogP contribution in [0.3, 0.4) is 0 Å². The summed E-state index contributed by atoms with van der Waals surface area (Å²) >= 11 is 7.33. The van der Waals surface area contributed by atoms with Crippen molar-refractivity contribution < 1.29 is 4.79 Å². The molecule has 1 aromatic heterocycles. The number of halogens is 1. The molecule has 0 saturated carbocycles. The Morgan fingerprint density at radius 2 is 1.83 bits per heavy atom. The predicted molar refractivity (Wildman–Crippen MR) is 96.6 cm³/mol. The number of carbonyl (C=O) groups is 1. The first-order valence-corrected chi connectivity index (χ1v) is 8.65. The van der Waals surface area contributed by atoms with Gasteiger partial charge in [-0.3, -0.25) is 9.36 Å². The summed E-state index contributed by atoms with van der Waals surface area (Å²) in [5.74, 6) is 0.932. The van der Waals surface area contributed by atoms with E-state index in [0.29, 0.717) is 10.2 Å². The van der Waals surface area contributed by atoms with Crippen LogP contribution < -0.4 is 5.32 Å². The van der Waals surface area contributed by atoms with E-state index < -0.39 is 0 Å². The Morgan fingerprint density at radius 3 is 2.50 bits per heavy atom. The molecule has 7 heteroatoms. The zero-order valence-electron chi connectivity index (χ0n) is 12.9. The Bertz CT molecular complexity index is 834. The molecule has 0 aliphatic heterocycles. The van der Waals surface area contributed by atoms with E-state index in [0.717, 1.165) is 17.1 Å². The van der Waals surface area contributed by atoms with E-state index in [2.05, 4.69) is 15.5 Å². The molecule has 0 aliphatic carbocycles. The van der Waals surface area contributed by atoms with E-state index >= 15 is 0 Å². The Kier molecular flexibility index (Phi) is 5.17. The summed E-state index contributed by atoms with van der Waals surface area (Å²) in [7, 11) is 1.61. The zero-order chi connectivity index (χ0) is 16.9. The molecule has 5 nitrogen and oxygen atoms in total. The average molecular weight is 359 g/mol. The quantitative estimate of drug-likeness (QED) is 0.710. The molecule has 2 aromatic carbocycles. The molecule has 0 bridgehead atoms. The SMILES string of the molecule is CNC(=O)CSc1nnc(-c2ccccc2)n1-c1ccc(Cl)cc1. The molecule has 0 saturated heterocycles. The molecule has 0 spiro atoms. The van der Waals surface area contributed by atoms with Crippen molar-refractivity contribution in [2.75, 3.05) is 12.8 Å². The lowest BCUT2D eigenvalue weighted by Crippen LogP contribution is -2.20. The molecule has 1 amide bonds. The third-order valence-corrected chi connectivity index (χ3v) is 4.54. The zero-order valence-corrected chi connectivity index (χ0v) is 14.5. The van der Waals surface area contributed by atoms with E-state index in [-0.39, 0.29) is 11.7 Å². The van der Waals surface area contributed by atoms with Crippen molar-refractivity contribution in [1.29, 1.82) is 0 Å². The number of carbonyl (C=O) groups excluding carboxylic acids is 1. The van der Waals surface area contributed by atoms with Gasteiger partial charge >= 0.3 is 0 Å². The molecule has 1 heterocycles. The van der Waals surface area contributed by atoms with Gasteiger partial charge in [-0.1, -0.05) is 53.7 Å². The molecule has 0 fully saturated rings. The van der Waals surface area contributed by atoms with Crippen molar-refractivity contribution in [2.24, 2.45) is 0 Å². The van der Waals surface area contributed by atoms with Gasteiger partial charge in [0.1, 0.15) is 0 Å². The standard InChI is InChI=1S/C17H15ClN4OS/c1-19-15(23)11-24-17-21-20-16(12-5-3-2-4-6-12)22(17)14-9-7-13(18)8-10-14/h2-10H,11H2,1H3,(H,19,23). The molecule has 122 valence electrons. The van der Waals surface area contributed by atoms with Crippen LogP contribution >= 0.6 is 23.4 Å². The Labute approximate surface area is 149 Å². The first-order valence-electron chi connectivity index (χ1n) is 7.29. The maximum absolute atomic E-state index is 11.5. The van der Waals surface area contributed by atoms with Crippen LogP contribution in [-0.4, -0.2) is 33.5 Å². The van der Waals surface area contributed by atoms with Crippen molar-refractivity contribution in [2.45, 2.75) is 5.16 Å². The summed E-state index contributed by atoms with van der Waals surface area (Å²) in [5.41, 5.74) is 1.84. The summed E-state index contributed by atoms with van der Waals surface area (Å²) in [5, 5.41) is 12.5. The smallest absolute Gasteiger partial charge is 0.230 e. The normalized spacial score (nSPS) is 10.6. The minimum atomic E-state index is -0.0630. The van der Waals surface area contributed by atoms with Crippen molar-refractivity contribution in [3.05, 3.63) is 59.6 Å². The molecule has 0 atom stereocenters. The largest absolute Gasteiger partial charge is 0.358 e. The van der Waals surface area contributed by atoms with Gasteiger partial charge in [0.05, 0.1) is 5.75 Å². The van der Waals surface area contributed by atoms with Gasteiger partial charge in [-0.15, -0.1) is 10.2 Å². The van der Waals surface area contributed by atoms with Crippen molar-refractivity contribution in [3.63, 3.8) is 0 Å². The van der Waals surface area contributed by atoms with Crippen LogP contribution in [0.4, 0.5) is 0 Å². The average Bonchev–Trinajstić information content (AvgIpc) is 3.05. The second kappa shape index (κ2) is 7.51. The summed E-state index contributed by atoms with van der Waals surface area (Å²) in [4.78, 5) is 11.5. The topological polar surface area (TPSA) is 59.8 Å². The van der Waals surface area contributed by atoms with E-state index in [1.54, 1.807) is 7.05 Å². The monoisotopic (exact) mass is 358 g/mol. The van der Waals surface area contributed by atoms with Gasteiger partial charge in [0.25, 0.3) is 0 Å². The second-order valence-electron chi connectivity index (χ2n) is 4.95. The Hall–Kier alpha value is -2.31. The van der Waals surface area contributed by atoms with Crippen molar-refractivity contribution in [3.8, 4) is 17.1 Å². The van der Waals surface area contributed by atoms with Gasteiger partial charge in [-0.25, -0.2) is 0 Å². The number of hydrogen-bond donors (Lipinski definition) is 1. The van der Waals surface area contributed by atoms with Gasteiger partial charge in [-0.2, -0.15) is 0 Å². The highest BCUT2D eigenvalue weighted by atomic mass is 35.5. The van der Waals surface area contributed by atoms with Gasteiger partial charge in [-0.05, 0) is 24.3 Å². The van der Waals surface area contributed by atoms with Crippen LogP contribution in [0, 0.1) is 0 Å². The molecule has 3 aromatic rings. The number of rotatable bonds is 5. The lowest BCUT2D eigenvalue weighted by atomic mass is 10.2. The lowest BCUT2D eigenvalue weighted by molar-refractivity contribution is -0.118. The number of benzene rings is 2. The summed E-state index contributed by atoms with van der Waals surface area (Å²) < 4.78 is 1.93. The maximum Gasteiger partial charge on any atom is 0.230 e. The lowest BCUT2D eigenvalue weighted by Gasteiger charge is -2.10. The minimum Gasteiger partial charge on any atom is -0.358 e.